The summed E-state index contributed by atoms with van der Waals surface area (Å²) in [5.41, 5.74) is 3.99. The fraction of sp³-hybridized carbons (Fsp3) is 0.200. The monoisotopic (exact) mass is 484 g/mol. The van der Waals surface area contributed by atoms with Gasteiger partial charge in [0.1, 0.15) is 0 Å². The van der Waals surface area contributed by atoms with Gasteiger partial charge in [0.2, 0.25) is 23.8 Å². The van der Waals surface area contributed by atoms with E-state index in [1.54, 1.807) is 22.9 Å². The summed E-state index contributed by atoms with van der Waals surface area (Å²) in [7, 11) is 0. The van der Waals surface area contributed by atoms with Crippen LogP contribution < -0.4 is 16.0 Å². The third-order valence-corrected chi connectivity index (χ3v) is 6.02. The Morgan fingerprint density at radius 3 is 2.81 bits per heavy atom. The van der Waals surface area contributed by atoms with E-state index in [0.717, 1.165) is 29.5 Å². The molecule has 11 heteroatoms. The summed E-state index contributed by atoms with van der Waals surface area (Å²) in [6.07, 6.45) is 6.78. The van der Waals surface area contributed by atoms with Gasteiger partial charge in [0.25, 0.3) is 5.91 Å². The molecule has 10 nitrogen and oxygen atoms in total. The predicted molar refractivity (Wildman–Crippen MR) is 130 cm³/mol. The van der Waals surface area contributed by atoms with Gasteiger partial charge in [0.15, 0.2) is 5.65 Å². The van der Waals surface area contributed by atoms with Crippen molar-refractivity contribution in [2.75, 3.05) is 10.6 Å². The smallest absolute Gasteiger partial charge is 0.254 e. The lowest BCUT2D eigenvalue weighted by Crippen LogP contribution is -2.19. The van der Waals surface area contributed by atoms with Crippen LogP contribution in [0.3, 0.4) is 0 Å². The number of amides is 2. The summed E-state index contributed by atoms with van der Waals surface area (Å²) in [5, 5.41) is 13.3. The lowest BCUT2D eigenvalue weighted by atomic mass is 10.0. The highest BCUT2D eigenvalue weighted by Gasteiger charge is 2.26. The van der Waals surface area contributed by atoms with Crippen molar-refractivity contribution in [3.63, 3.8) is 0 Å². The van der Waals surface area contributed by atoms with Crippen LogP contribution in [-0.2, 0) is 16.1 Å². The number of nitrogens with zero attached hydrogens (tertiary/aromatic N) is 5. The number of anilines is 2. The first-order chi connectivity index (χ1) is 17.5. The van der Waals surface area contributed by atoms with Gasteiger partial charge in [-0.05, 0) is 41.7 Å². The molecule has 4 aromatic rings. The number of aromatic nitrogens is 5. The van der Waals surface area contributed by atoms with Gasteiger partial charge in [-0.3, -0.25) is 14.9 Å². The zero-order valence-electron chi connectivity index (χ0n) is 19.0. The van der Waals surface area contributed by atoms with E-state index >= 15 is 0 Å². The van der Waals surface area contributed by atoms with Crippen molar-refractivity contribution >= 4 is 35.4 Å². The van der Waals surface area contributed by atoms with Gasteiger partial charge in [-0.25, -0.2) is 4.98 Å². The second kappa shape index (κ2) is 8.84. The molecule has 0 radical (unpaired) electrons. The normalized spacial score (nSPS) is 16.5. The number of halogens is 1. The van der Waals surface area contributed by atoms with Crippen LogP contribution in [0.1, 0.15) is 30.4 Å². The molecule has 2 amide bonds. The quantitative estimate of drug-likeness (QED) is 0.208. The van der Waals surface area contributed by atoms with Gasteiger partial charge in [-0.15, -0.1) is 0 Å². The Balaban J connectivity index is 1.34. The lowest BCUT2D eigenvalue weighted by molar-refractivity contribution is -0.124. The molecule has 3 N–H and O–H groups in total. The van der Waals surface area contributed by atoms with Gasteiger partial charge in [0.05, 0.1) is 12.6 Å². The largest absolute Gasteiger partial charge is 0.351 e. The molecule has 3 aromatic heterocycles. The minimum absolute atomic E-state index is 0.0198. The number of nitrogens with one attached hydrogen (secondary N) is 3. The number of hydrogen-bond donors (Lipinski definition) is 3. The minimum atomic E-state index is -0.542. The van der Waals surface area contributed by atoms with Crippen LogP contribution in [0.5, 0.6) is 0 Å². The number of carbonyl (C=O) groups is 2. The summed E-state index contributed by atoms with van der Waals surface area (Å²) in [6.45, 7) is 0.390. The van der Waals surface area contributed by atoms with E-state index in [0.29, 0.717) is 41.3 Å². The first-order valence-corrected chi connectivity index (χ1v) is 11.5. The van der Waals surface area contributed by atoms with Gasteiger partial charge < -0.3 is 10.6 Å². The maximum absolute atomic E-state index is 13.7. The Kier molecular flexibility index (Phi) is 5.36. The van der Waals surface area contributed by atoms with E-state index in [1.165, 1.54) is 12.3 Å². The van der Waals surface area contributed by atoms with Crippen molar-refractivity contribution in [2.24, 2.45) is 0 Å². The van der Waals surface area contributed by atoms with Crippen molar-refractivity contribution in [2.45, 2.75) is 31.8 Å². The van der Waals surface area contributed by atoms with E-state index in [-0.39, 0.29) is 12.3 Å². The standard InChI is InChI=1S/C25H21FN8O2/c26-20-10-14(7-8-27-20)19-4-2-1-3-15(19)12-28-24-32-22-17(9-16-11-21(35)31-23(16)36)13-29-34(22)25(33-24)30-18-5-6-18/h1-4,7-10,13,18H,5-6,11-12H2,(H,31,35,36)(H2,28,30,32,33)/b16-9+. The fourth-order valence-corrected chi connectivity index (χ4v) is 4.09. The van der Waals surface area contributed by atoms with Crippen LogP contribution in [0.4, 0.5) is 16.3 Å². The molecular formula is C25H21FN8O2. The molecule has 2 aliphatic rings. The molecular weight excluding hydrogens is 463 g/mol. The van der Waals surface area contributed by atoms with Crippen molar-refractivity contribution in [3.05, 3.63) is 71.4 Å². The molecule has 1 saturated carbocycles. The molecule has 2 fully saturated rings. The molecule has 1 aromatic carbocycles. The SMILES string of the molecule is O=C1C/C(=C\c2cnn3c(NC4CC4)nc(NCc4ccccc4-c4ccnc(F)c4)nc23)C(=O)N1. The van der Waals surface area contributed by atoms with E-state index in [1.807, 2.05) is 24.3 Å². The first-order valence-electron chi connectivity index (χ1n) is 11.5. The maximum Gasteiger partial charge on any atom is 0.254 e. The summed E-state index contributed by atoms with van der Waals surface area (Å²) < 4.78 is 15.3. The van der Waals surface area contributed by atoms with Crippen LogP contribution in [0.25, 0.3) is 22.9 Å². The van der Waals surface area contributed by atoms with Crippen LogP contribution in [0.2, 0.25) is 0 Å². The van der Waals surface area contributed by atoms with Gasteiger partial charge in [0, 0.05) is 36.0 Å². The topological polar surface area (TPSA) is 126 Å². The molecule has 1 aliphatic heterocycles. The molecule has 1 aliphatic carbocycles. The number of pyridine rings is 1. The fourth-order valence-electron chi connectivity index (χ4n) is 4.09. The average molecular weight is 484 g/mol. The van der Waals surface area contributed by atoms with E-state index < -0.39 is 11.9 Å². The Morgan fingerprint density at radius 2 is 2.03 bits per heavy atom. The lowest BCUT2D eigenvalue weighted by Gasteiger charge is -2.13. The van der Waals surface area contributed by atoms with Crippen LogP contribution in [0, 0.1) is 5.95 Å². The summed E-state index contributed by atoms with van der Waals surface area (Å²) in [6, 6.07) is 11.2. The van der Waals surface area contributed by atoms with Crippen molar-refractivity contribution < 1.29 is 14.0 Å². The van der Waals surface area contributed by atoms with E-state index in [9.17, 15) is 14.0 Å². The molecule has 4 heterocycles. The minimum Gasteiger partial charge on any atom is -0.351 e. The van der Waals surface area contributed by atoms with E-state index in [4.69, 9.17) is 0 Å². The second-order valence-electron chi connectivity index (χ2n) is 8.73. The maximum atomic E-state index is 13.7. The first kappa shape index (κ1) is 21.8. The van der Waals surface area contributed by atoms with E-state index in [2.05, 4.69) is 36.0 Å². The molecule has 0 bridgehead atoms. The number of imide groups is 1. The molecule has 0 atom stereocenters. The molecule has 180 valence electrons. The van der Waals surface area contributed by atoms with Crippen molar-refractivity contribution in [3.8, 4) is 11.1 Å². The number of rotatable bonds is 7. The second-order valence-corrected chi connectivity index (χ2v) is 8.73. The zero-order chi connectivity index (χ0) is 24.6. The molecule has 6 rings (SSSR count). The Hall–Kier alpha value is -4.67. The summed E-state index contributed by atoms with van der Waals surface area (Å²) in [5.74, 6) is -0.379. The molecule has 36 heavy (non-hydrogen) atoms. The highest BCUT2D eigenvalue weighted by atomic mass is 19.1. The number of carbonyl (C=O) groups excluding carboxylic acids is 2. The highest BCUT2D eigenvalue weighted by molar-refractivity contribution is 6.15. The van der Waals surface area contributed by atoms with Gasteiger partial charge in [-0.1, -0.05) is 24.3 Å². The van der Waals surface area contributed by atoms with Crippen molar-refractivity contribution in [1.29, 1.82) is 0 Å². The summed E-state index contributed by atoms with van der Waals surface area (Å²) >= 11 is 0. The Morgan fingerprint density at radius 1 is 1.17 bits per heavy atom. The molecule has 1 saturated heterocycles. The van der Waals surface area contributed by atoms with Gasteiger partial charge in [-0.2, -0.15) is 24.0 Å². The average Bonchev–Trinajstić information content (AvgIpc) is 3.51. The number of fused-ring (bicyclic) bond motifs is 1. The number of hydrogen-bond acceptors (Lipinski definition) is 8. The third kappa shape index (κ3) is 4.38. The predicted octanol–water partition coefficient (Wildman–Crippen LogP) is 2.94. The number of benzene rings is 1. The Bertz CT molecular complexity index is 1540. The highest BCUT2D eigenvalue weighted by Crippen LogP contribution is 2.27. The van der Waals surface area contributed by atoms with Crippen molar-refractivity contribution in [1.82, 2.24) is 29.9 Å². The molecule has 0 spiro atoms. The van der Waals surface area contributed by atoms with Crippen LogP contribution >= 0.6 is 0 Å². The van der Waals surface area contributed by atoms with Crippen LogP contribution in [-0.4, -0.2) is 42.4 Å². The van der Waals surface area contributed by atoms with Crippen LogP contribution in [0.15, 0.2) is 54.4 Å². The Labute approximate surface area is 204 Å². The zero-order valence-corrected chi connectivity index (χ0v) is 19.0. The van der Waals surface area contributed by atoms with Gasteiger partial charge >= 0.3 is 0 Å². The third-order valence-electron chi connectivity index (χ3n) is 6.02. The summed E-state index contributed by atoms with van der Waals surface area (Å²) in [4.78, 5) is 36.6. The molecule has 0 unspecified atom stereocenters.